The van der Waals surface area contributed by atoms with Crippen LogP contribution in [0.25, 0.3) is 0 Å². The van der Waals surface area contributed by atoms with E-state index in [0.29, 0.717) is 23.0 Å². The quantitative estimate of drug-likeness (QED) is 0.507. The summed E-state index contributed by atoms with van der Waals surface area (Å²) in [5.74, 6) is 0. The summed E-state index contributed by atoms with van der Waals surface area (Å²) >= 11 is 3.33. The first-order valence-corrected chi connectivity index (χ1v) is 10.7. The molecule has 0 amide bonds. The lowest BCUT2D eigenvalue weighted by atomic mass is 10.1. The highest BCUT2D eigenvalue weighted by molar-refractivity contribution is 8.14. The number of fused-ring (bicyclic) bond motifs is 1. The zero-order valence-electron chi connectivity index (χ0n) is 12.5. The Hall–Kier alpha value is 0.490. The monoisotopic (exact) mass is 355 g/mol. The van der Waals surface area contributed by atoms with Crippen LogP contribution in [-0.4, -0.2) is 67.2 Å². The van der Waals surface area contributed by atoms with Crippen molar-refractivity contribution in [3.05, 3.63) is 0 Å². The molecular weight excluding hydrogens is 330 g/mol. The fourth-order valence-corrected chi connectivity index (χ4v) is 7.69. The van der Waals surface area contributed by atoms with Gasteiger partial charge in [-0.3, -0.25) is 0 Å². The van der Waals surface area contributed by atoms with Gasteiger partial charge in [-0.05, 0) is 19.4 Å². The molecule has 0 saturated carbocycles. The Kier molecular flexibility index (Phi) is 6.67. The summed E-state index contributed by atoms with van der Waals surface area (Å²) in [5.41, 5.74) is 0. The number of rotatable bonds is 7. The average Bonchev–Trinajstić information content (AvgIpc) is 2.83. The topological polar surface area (TPSA) is 84.7 Å². The summed E-state index contributed by atoms with van der Waals surface area (Å²) in [6, 6.07) is 0.320. The molecule has 4 unspecified atom stereocenters. The van der Waals surface area contributed by atoms with Crippen molar-refractivity contribution in [3.63, 3.8) is 0 Å². The number of methoxy groups -OCH3 is 1. The fourth-order valence-electron chi connectivity index (χ4n) is 2.84. The van der Waals surface area contributed by atoms with E-state index in [0.717, 1.165) is 32.7 Å². The SMILES string of the molecule is CCNC1CN(CCCOC)SC2CC(S(N)(=O)=O)SC12. The zero-order valence-corrected chi connectivity index (χ0v) is 15.0. The molecule has 6 nitrogen and oxygen atoms in total. The molecule has 0 aromatic rings. The summed E-state index contributed by atoms with van der Waals surface area (Å²) in [5, 5.41) is 9.48. The van der Waals surface area contributed by atoms with Crippen LogP contribution in [0.15, 0.2) is 0 Å². The average molecular weight is 356 g/mol. The second-order valence-electron chi connectivity index (χ2n) is 5.40. The smallest absolute Gasteiger partial charge is 0.221 e. The van der Waals surface area contributed by atoms with E-state index < -0.39 is 14.6 Å². The summed E-state index contributed by atoms with van der Waals surface area (Å²) < 4.78 is 30.3. The first-order valence-electron chi connectivity index (χ1n) is 7.26. The van der Waals surface area contributed by atoms with E-state index in [-0.39, 0.29) is 0 Å². The van der Waals surface area contributed by atoms with Crippen molar-refractivity contribution in [3.8, 4) is 0 Å². The Balaban J connectivity index is 2.00. The van der Waals surface area contributed by atoms with E-state index in [1.54, 1.807) is 19.1 Å². The van der Waals surface area contributed by atoms with Gasteiger partial charge in [-0.1, -0.05) is 18.9 Å². The van der Waals surface area contributed by atoms with Gasteiger partial charge in [0, 0.05) is 43.3 Å². The normalized spacial score (nSPS) is 34.0. The minimum atomic E-state index is -3.45. The molecular formula is C12H25N3O3S3. The maximum Gasteiger partial charge on any atom is 0.221 e. The number of likely N-dealkylation sites (N-methyl/N-ethyl adjacent to an activating group) is 1. The lowest BCUT2D eigenvalue weighted by molar-refractivity contribution is 0.186. The first-order chi connectivity index (χ1) is 9.95. The predicted octanol–water partition coefficient (Wildman–Crippen LogP) is 0.454. The highest BCUT2D eigenvalue weighted by Gasteiger charge is 2.47. The summed E-state index contributed by atoms with van der Waals surface area (Å²) in [7, 11) is -1.74. The number of hydrogen-bond donors (Lipinski definition) is 2. The van der Waals surface area contributed by atoms with Crippen molar-refractivity contribution in [2.24, 2.45) is 5.14 Å². The Labute approximate surface area is 136 Å². The van der Waals surface area contributed by atoms with Crippen molar-refractivity contribution < 1.29 is 13.2 Å². The summed E-state index contributed by atoms with van der Waals surface area (Å²) in [6.07, 6.45) is 1.63. The number of hydrogen-bond acceptors (Lipinski definition) is 7. The molecule has 2 aliphatic rings. The van der Waals surface area contributed by atoms with E-state index >= 15 is 0 Å². The van der Waals surface area contributed by atoms with Gasteiger partial charge in [-0.15, -0.1) is 11.8 Å². The molecule has 0 aromatic carbocycles. The van der Waals surface area contributed by atoms with Gasteiger partial charge in [0.15, 0.2) is 0 Å². The van der Waals surface area contributed by atoms with Gasteiger partial charge < -0.3 is 10.1 Å². The maximum absolute atomic E-state index is 11.6. The molecule has 0 bridgehead atoms. The molecule has 2 saturated heterocycles. The lowest BCUT2D eigenvalue weighted by Gasteiger charge is -2.39. The van der Waals surface area contributed by atoms with E-state index in [1.807, 2.05) is 0 Å². The number of sulfonamides is 1. The minimum Gasteiger partial charge on any atom is -0.385 e. The van der Waals surface area contributed by atoms with Crippen LogP contribution in [0.5, 0.6) is 0 Å². The molecule has 2 aliphatic heterocycles. The van der Waals surface area contributed by atoms with Crippen molar-refractivity contribution in [1.82, 2.24) is 9.62 Å². The largest absolute Gasteiger partial charge is 0.385 e. The Morgan fingerprint density at radius 2 is 2.24 bits per heavy atom. The summed E-state index contributed by atoms with van der Waals surface area (Å²) in [6.45, 7) is 5.64. The van der Waals surface area contributed by atoms with Crippen molar-refractivity contribution >= 4 is 33.7 Å². The highest BCUT2D eigenvalue weighted by atomic mass is 32.3. The molecule has 2 fully saturated rings. The van der Waals surface area contributed by atoms with Crippen LogP contribution in [-0.2, 0) is 14.8 Å². The third-order valence-corrected chi connectivity index (χ3v) is 8.86. The standard InChI is InChI=1S/C12H25N3O3S3/c1-3-14-9-8-15(5-4-6-18-2)20-10-7-11(19-12(9)10)21(13,16)17/h9-12,14H,3-8H2,1-2H3,(H2,13,16,17). The second-order valence-corrected chi connectivity index (χ2v) is 10.2. The van der Waals surface area contributed by atoms with Gasteiger partial charge in [0.25, 0.3) is 0 Å². The van der Waals surface area contributed by atoms with Gasteiger partial charge in [0.05, 0.1) is 0 Å². The maximum atomic E-state index is 11.6. The predicted molar refractivity (Wildman–Crippen MR) is 89.8 cm³/mol. The molecule has 9 heteroatoms. The zero-order chi connectivity index (χ0) is 15.5. The molecule has 0 aliphatic carbocycles. The molecule has 21 heavy (non-hydrogen) atoms. The van der Waals surface area contributed by atoms with Gasteiger partial charge in [-0.25, -0.2) is 17.9 Å². The highest BCUT2D eigenvalue weighted by Crippen LogP contribution is 2.47. The first kappa shape index (κ1) is 17.8. The van der Waals surface area contributed by atoms with Crippen molar-refractivity contribution in [2.75, 3.05) is 33.4 Å². The summed E-state index contributed by atoms with van der Waals surface area (Å²) in [4.78, 5) is 0. The van der Waals surface area contributed by atoms with Crippen LogP contribution in [0.1, 0.15) is 19.8 Å². The number of primary sulfonamides is 1. The van der Waals surface area contributed by atoms with E-state index in [9.17, 15) is 8.42 Å². The molecule has 0 aromatic heterocycles. The number of nitrogens with zero attached hydrogens (tertiary/aromatic N) is 1. The van der Waals surface area contributed by atoms with Crippen molar-refractivity contribution in [2.45, 2.75) is 40.9 Å². The van der Waals surface area contributed by atoms with E-state index in [4.69, 9.17) is 9.88 Å². The van der Waals surface area contributed by atoms with Crippen LogP contribution in [0.3, 0.4) is 0 Å². The van der Waals surface area contributed by atoms with Crippen LogP contribution >= 0.6 is 23.7 Å². The Morgan fingerprint density at radius 1 is 1.48 bits per heavy atom. The molecule has 0 radical (unpaired) electrons. The van der Waals surface area contributed by atoms with Crippen molar-refractivity contribution in [1.29, 1.82) is 0 Å². The Morgan fingerprint density at radius 3 is 2.86 bits per heavy atom. The van der Waals surface area contributed by atoms with Crippen LogP contribution < -0.4 is 10.5 Å². The van der Waals surface area contributed by atoms with Gasteiger partial charge in [-0.2, -0.15) is 0 Å². The van der Waals surface area contributed by atoms with E-state index in [2.05, 4.69) is 16.5 Å². The second kappa shape index (κ2) is 7.85. The lowest BCUT2D eigenvalue weighted by Crippen LogP contribution is -2.52. The fraction of sp³-hybridized carbons (Fsp3) is 1.00. The number of ether oxygens (including phenoxy) is 1. The van der Waals surface area contributed by atoms with Gasteiger partial charge in [0.2, 0.25) is 10.0 Å². The molecule has 4 atom stereocenters. The Bertz CT molecular complexity index is 435. The van der Waals surface area contributed by atoms with Gasteiger partial charge >= 0.3 is 0 Å². The van der Waals surface area contributed by atoms with Crippen LogP contribution in [0.2, 0.25) is 0 Å². The molecule has 2 heterocycles. The molecule has 2 rings (SSSR count). The molecule has 124 valence electrons. The third kappa shape index (κ3) is 4.73. The third-order valence-electron chi connectivity index (χ3n) is 3.77. The number of nitrogens with two attached hydrogens (primary N) is 1. The van der Waals surface area contributed by atoms with E-state index in [1.165, 1.54) is 11.8 Å². The van der Waals surface area contributed by atoms with Gasteiger partial charge in [0.1, 0.15) is 4.58 Å². The number of nitrogens with one attached hydrogen (secondary N) is 1. The van der Waals surface area contributed by atoms with Crippen LogP contribution in [0.4, 0.5) is 0 Å². The molecule has 0 spiro atoms. The van der Waals surface area contributed by atoms with Crippen LogP contribution in [0, 0.1) is 0 Å². The number of thioether (sulfide) groups is 1. The minimum absolute atomic E-state index is 0.317. The molecule has 3 N–H and O–H groups in total.